The quantitative estimate of drug-likeness (QED) is 0.161. The fourth-order valence-corrected chi connectivity index (χ4v) is 9.15. The maximum atomic E-state index is 6.19. The Morgan fingerprint density at radius 3 is 1.49 bits per heavy atom. The van der Waals surface area contributed by atoms with Crippen LogP contribution >= 0.6 is 0 Å². The lowest BCUT2D eigenvalue weighted by Crippen LogP contribution is -2.16. The predicted molar refractivity (Wildman–Crippen MR) is 248 cm³/mol. The molecule has 0 amide bonds. The van der Waals surface area contributed by atoms with E-state index in [0.29, 0.717) is 0 Å². The first-order valence-electron chi connectivity index (χ1n) is 20.4. The van der Waals surface area contributed by atoms with E-state index in [-0.39, 0.29) is 5.41 Å². The number of rotatable bonds is 7. The van der Waals surface area contributed by atoms with Crippen LogP contribution < -0.4 is 4.90 Å². The molecule has 280 valence electrons. The van der Waals surface area contributed by atoms with Gasteiger partial charge in [0.15, 0.2) is 0 Å². The fraction of sp³-hybridized carbons (Fsp3) is 0.0526. The molecule has 0 atom stereocenters. The highest BCUT2D eigenvalue weighted by atomic mass is 16.3. The van der Waals surface area contributed by atoms with Crippen LogP contribution in [0.4, 0.5) is 17.1 Å². The van der Waals surface area contributed by atoms with E-state index in [9.17, 15) is 0 Å². The smallest absolute Gasteiger partial charge is 0.136 e. The molecular formula is C57H41NO. The number of para-hydroxylation sites is 1. The maximum Gasteiger partial charge on any atom is 0.136 e. The third-order valence-corrected chi connectivity index (χ3v) is 12.3. The first-order chi connectivity index (χ1) is 29.0. The highest BCUT2D eigenvalue weighted by Crippen LogP contribution is 2.50. The molecule has 2 nitrogen and oxygen atoms in total. The lowest BCUT2D eigenvalue weighted by Gasteiger charge is -2.28. The Kier molecular flexibility index (Phi) is 8.20. The second-order valence-corrected chi connectivity index (χ2v) is 16.2. The molecule has 0 spiro atoms. The van der Waals surface area contributed by atoms with Crippen LogP contribution in [0.25, 0.3) is 77.6 Å². The number of fused-ring (bicyclic) bond motifs is 6. The van der Waals surface area contributed by atoms with Crippen LogP contribution in [-0.2, 0) is 5.41 Å². The number of anilines is 3. The van der Waals surface area contributed by atoms with Crippen molar-refractivity contribution in [2.24, 2.45) is 0 Å². The number of nitrogens with zero attached hydrogens (tertiary/aromatic N) is 1. The summed E-state index contributed by atoms with van der Waals surface area (Å²) in [6, 6.07) is 76.9. The lowest BCUT2D eigenvalue weighted by atomic mass is 9.82. The molecule has 0 aliphatic heterocycles. The number of furan rings is 1. The van der Waals surface area contributed by atoms with Gasteiger partial charge < -0.3 is 9.32 Å². The van der Waals surface area contributed by atoms with Gasteiger partial charge >= 0.3 is 0 Å². The van der Waals surface area contributed by atoms with Crippen LogP contribution in [0.5, 0.6) is 0 Å². The summed E-state index contributed by atoms with van der Waals surface area (Å²) in [5.74, 6) is 0. The van der Waals surface area contributed by atoms with Gasteiger partial charge in [-0.05, 0) is 127 Å². The van der Waals surface area contributed by atoms with Crippen molar-refractivity contribution in [3.05, 3.63) is 223 Å². The van der Waals surface area contributed by atoms with Crippen molar-refractivity contribution in [1.29, 1.82) is 0 Å². The second kappa shape index (κ2) is 13.9. The highest BCUT2D eigenvalue weighted by molar-refractivity contribution is 6.06. The summed E-state index contributed by atoms with van der Waals surface area (Å²) in [7, 11) is 0. The van der Waals surface area contributed by atoms with Gasteiger partial charge in [-0.15, -0.1) is 0 Å². The zero-order valence-corrected chi connectivity index (χ0v) is 33.1. The van der Waals surface area contributed by atoms with Gasteiger partial charge in [0.2, 0.25) is 0 Å². The normalized spacial score (nSPS) is 12.7. The Hall–Kier alpha value is -7.42. The molecule has 11 rings (SSSR count). The average molecular weight is 756 g/mol. The van der Waals surface area contributed by atoms with E-state index in [1.54, 1.807) is 0 Å². The lowest BCUT2D eigenvalue weighted by molar-refractivity contribution is 0.660. The van der Waals surface area contributed by atoms with Gasteiger partial charge in [0.25, 0.3) is 0 Å². The summed E-state index contributed by atoms with van der Waals surface area (Å²) in [5, 5.41) is 2.30. The van der Waals surface area contributed by atoms with E-state index in [0.717, 1.165) is 50.1 Å². The van der Waals surface area contributed by atoms with Crippen molar-refractivity contribution in [2.75, 3.05) is 4.90 Å². The summed E-state index contributed by atoms with van der Waals surface area (Å²) in [6.45, 7) is 4.70. The van der Waals surface area contributed by atoms with Gasteiger partial charge in [0.1, 0.15) is 11.2 Å². The molecule has 1 aliphatic rings. The van der Waals surface area contributed by atoms with E-state index < -0.39 is 0 Å². The van der Waals surface area contributed by atoms with Gasteiger partial charge in [-0.1, -0.05) is 166 Å². The Balaban J connectivity index is 0.934. The molecule has 2 heteroatoms. The molecule has 10 aromatic rings. The average Bonchev–Trinajstić information content (AvgIpc) is 3.78. The molecule has 0 saturated carbocycles. The molecule has 0 saturated heterocycles. The molecule has 0 N–H and O–H groups in total. The Bertz CT molecular complexity index is 3150. The van der Waals surface area contributed by atoms with Crippen molar-refractivity contribution < 1.29 is 4.42 Å². The summed E-state index contributed by atoms with van der Waals surface area (Å²) in [5.41, 5.74) is 20.0. The van der Waals surface area contributed by atoms with Crippen molar-refractivity contribution in [3.8, 4) is 55.6 Å². The third kappa shape index (κ3) is 6.04. The molecular weight excluding hydrogens is 715 g/mol. The highest BCUT2D eigenvalue weighted by Gasteiger charge is 2.35. The standard InChI is InChI=1S/C57H41NO/c1-57(2)53-17-8-6-15-49(53)50-34-32-48(37-54(50)57)58(47-30-25-42(26-31-47)44-14-10-13-43(35-44)38-11-4-3-5-12-38)46-28-23-40(24-29-46)39-19-21-41(22-20-39)45-27-33-52-51-16-7-9-18-55(51)59-56(52)36-45/h3-37H,1-2H3. The maximum absolute atomic E-state index is 6.19. The zero-order valence-electron chi connectivity index (χ0n) is 33.1. The molecule has 0 unspecified atom stereocenters. The first kappa shape index (κ1) is 34.8. The Labute approximate surface area is 345 Å². The van der Waals surface area contributed by atoms with E-state index in [1.165, 1.54) is 55.6 Å². The van der Waals surface area contributed by atoms with Gasteiger partial charge in [0.05, 0.1) is 0 Å². The van der Waals surface area contributed by atoms with Gasteiger partial charge in [-0.3, -0.25) is 0 Å². The van der Waals surface area contributed by atoms with Gasteiger partial charge in [0, 0.05) is 33.2 Å². The molecule has 9 aromatic carbocycles. The molecule has 59 heavy (non-hydrogen) atoms. The van der Waals surface area contributed by atoms with E-state index >= 15 is 0 Å². The first-order valence-corrected chi connectivity index (χ1v) is 20.4. The number of benzene rings is 9. The van der Waals surface area contributed by atoms with Gasteiger partial charge in [-0.2, -0.15) is 0 Å². The van der Waals surface area contributed by atoms with Crippen LogP contribution in [-0.4, -0.2) is 0 Å². The molecule has 1 heterocycles. The van der Waals surface area contributed by atoms with Crippen molar-refractivity contribution in [3.63, 3.8) is 0 Å². The summed E-state index contributed by atoms with van der Waals surface area (Å²) in [4.78, 5) is 2.39. The predicted octanol–water partition coefficient (Wildman–Crippen LogP) is 16.0. The minimum atomic E-state index is -0.102. The Morgan fingerprint density at radius 2 is 0.797 bits per heavy atom. The van der Waals surface area contributed by atoms with Crippen LogP contribution in [0.2, 0.25) is 0 Å². The molecule has 0 radical (unpaired) electrons. The molecule has 0 fully saturated rings. The molecule has 1 aromatic heterocycles. The van der Waals surface area contributed by atoms with Crippen LogP contribution in [0, 0.1) is 0 Å². The largest absolute Gasteiger partial charge is 0.456 e. The SMILES string of the molecule is CC1(C)c2ccccc2-c2ccc(N(c3ccc(-c4ccc(-c5ccc6c(c5)oc5ccccc56)cc4)cc3)c3ccc(-c4cccc(-c5ccccc5)c4)cc3)cc21. The van der Waals surface area contributed by atoms with E-state index in [1.807, 2.05) is 12.1 Å². The number of hydrogen-bond acceptors (Lipinski definition) is 2. The number of hydrogen-bond donors (Lipinski definition) is 0. The monoisotopic (exact) mass is 755 g/mol. The minimum Gasteiger partial charge on any atom is -0.456 e. The van der Waals surface area contributed by atoms with E-state index in [4.69, 9.17) is 4.42 Å². The van der Waals surface area contributed by atoms with Crippen molar-refractivity contribution >= 4 is 39.0 Å². The van der Waals surface area contributed by atoms with Crippen LogP contribution in [0.15, 0.2) is 217 Å². The summed E-state index contributed by atoms with van der Waals surface area (Å²) >= 11 is 0. The third-order valence-electron chi connectivity index (χ3n) is 12.3. The van der Waals surface area contributed by atoms with Crippen LogP contribution in [0.3, 0.4) is 0 Å². The minimum absolute atomic E-state index is 0.102. The zero-order chi connectivity index (χ0) is 39.5. The molecule has 0 bridgehead atoms. The summed E-state index contributed by atoms with van der Waals surface area (Å²) in [6.07, 6.45) is 0. The fourth-order valence-electron chi connectivity index (χ4n) is 9.15. The van der Waals surface area contributed by atoms with Crippen LogP contribution in [0.1, 0.15) is 25.0 Å². The topological polar surface area (TPSA) is 16.4 Å². The van der Waals surface area contributed by atoms with Gasteiger partial charge in [-0.25, -0.2) is 0 Å². The molecule has 1 aliphatic carbocycles. The Morgan fingerprint density at radius 1 is 0.322 bits per heavy atom. The second-order valence-electron chi connectivity index (χ2n) is 16.2. The van der Waals surface area contributed by atoms with Crippen molar-refractivity contribution in [2.45, 2.75) is 19.3 Å². The summed E-state index contributed by atoms with van der Waals surface area (Å²) < 4.78 is 6.19. The van der Waals surface area contributed by atoms with E-state index in [2.05, 4.69) is 219 Å². The van der Waals surface area contributed by atoms with Crippen molar-refractivity contribution in [1.82, 2.24) is 0 Å².